The summed E-state index contributed by atoms with van der Waals surface area (Å²) in [6, 6.07) is 10.00. The zero-order chi connectivity index (χ0) is 19.8. The summed E-state index contributed by atoms with van der Waals surface area (Å²) in [7, 11) is 0. The number of halogens is 1. The Hall–Kier alpha value is -2.99. The number of anilines is 1. The number of fused-ring (bicyclic) bond motifs is 1. The van der Waals surface area contributed by atoms with E-state index in [1.807, 2.05) is 0 Å². The van der Waals surface area contributed by atoms with E-state index in [2.05, 4.69) is 17.2 Å². The van der Waals surface area contributed by atoms with Crippen molar-refractivity contribution in [3.05, 3.63) is 64.4 Å². The van der Waals surface area contributed by atoms with Gasteiger partial charge in [-0.15, -0.1) is 0 Å². The van der Waals surface area contributed by atoms with Crippen LogP contribution in [-0.2, 0) is 12.8 Å². The van der Waals surface area contributed by atoms with Crippen molar-refractivity contribution < 1.29 is 15.0 Å². The Morgan fingerprint density at radius 1 is 1.21 bits per heavy atom. The van der Waals surface area contributed by atoms with Crippen molar-refractivity contribution in [3.8, 4) is 17.4 Å². The van der Waals surface area contributed by atoms with Crippen molar-refractivity contribution in [1.29, 1.82) is 0 Å². The molecule has 7 heteroatoms. The van der Waals surface area contributed by atoms with Gasteiger partial charge in [0, 0.05) is 23.0 Å². The lowest BCUT2D eigenvalue weighted by Crippen LogP contribution is -2.13. The van der Waals surface area contributed by atoms with E-state index in [0.717, 1.165) is 30.4 Å². The van der Waals surface area contributed by atoms with Crippen LogP contribution in [0.3, 0.4) is 0 Å². The number of benzene rings is 1. The fraction of sp³-hybridized carbons (Fsp3) is 0.238. The van der Waals surface area contributed by atoms with Crippen molar-refractivity contribution in [3.63, 3.8) is 0 Å². The molecule has 1 aromatic carbocycles. The van der Waals surface area contributed by atoms with Gasteiger partial charge in [0.15, 0.2) is 0 Å². The van der Waals surface area contributed by atoms with Crippen LogP contribution in [0.15, 0.2) is 42.6 Å². The number of carbonyl (C=O) groups is 1. The summed E-state index contributed by atoms with van der Waals surface area (Å²) < 4.78 is 1.37. The molecule has 3 aromatic rings. The Morgan fingerprint density at radius 2 is 2.00 bits per heavy atom. The molecule has 4 rings (SSSR count). The molecule has 144 valence electrons. The number of hydrogen-bond acceptors (Lipinski definition) is 4. The molecule has 1 amide bonds. The third-order valence-electron chi connectivity index (χ3n) is 5.11. The van der Waals surface area contributed by atoms with Gasteiger partial charge in [-0.2, -0.15) is 0 Å². The predicted molar refractivity (Wildman–Crippen MR) is 107 cm³/mol. The van der Waals surface area contributed by atoms with Gasteiger partial charge in [0.25, 0.3) is 5.91 Å². The van der Waals surface area contributed by atoms with Crippen LogP contribution >= 0.6 is 11.6 Å². The van der Waals surface area contributed by atoms with Crippen LogP contribution < -0.4 is 5.32 Å². The third kappa shape index (κ3) is 3.20. The second-order valence-corrected chi connectivity index (χ2v) is 7.53. The number of nitrogens with zero attached hydrogens (tertiary/aromatic N) is 2. The SMILES string of the molecule is CC1CCc2c(c(O)n(-c3ccc(NC(=O)c4ccccn4)cc3Cl)c2O)C1. The van der Waals surface area contributed by atoms with E-state index in [9.17, 15) is 15.0 Å². The molecule has 2 heterocycles. The molecular weight excluding hydrogens is 378 g/mol. The van der Waals surface area contributed by atoms with Gasteiger partial charge < -0.3 is 15.5 Å². The molecule has 0 saturated heterocycles. The molecule has 6 nitrogen and oxygen atoms in total. The summed E-state index contributed by atoms with van der Waals surface area (Å²) in [5, 5.41) is 24.4. The minimum atomic E-state index is -0.347. The molecule has 0 fully saturated rings. The van der Waals surface area contributed by atoms with E-state index in [4.69, 9.17) is 11.6 Å². The van der Waals surface area contributed by atoms with Crippen molar-refractivity contribution in [1.82, 2.24) is 9.55 Å². The lowest BCUT2D eigenvalue weighted by Gasteiger charge is -2.17. The van der Waals surface area contributed by atoms with Gasteiger partial charge >= 0.3 is 0 Å². The summed E-state index contributed by atoms with van der Waals surface area (Å²) >= 11 is 6.42. The molecular formula is C21H20ClN3O3. The van der Waals surface area contributed by atoms with Gasteiger partial charge in [-0.05, 0) is 55.5 Å². The molecule has 1 atom stereocenters. The van der Waals surface area contributed by atoms with Crippen molar-refractivity contribution >= 4 is 23.2 Å². The van der Waals surface area contributed by atoms with E-state index in [0.29, 0.717) is 28.0 Å². The second kappa shape index (κ2) is 7.20. The molecule has 0 spiro atoms. The maximum Gasteiger partial charge on any atom is 0.274 e. The number of aromatic hydroxyl groups is 2. The average Bonchev–Trinajstić information content (AvgIpc) is 2.93. The standard InChI is InChI=1S/C21H20ClN3O3/c1-12-5-7-14-15(10-12)21(28)25(20(14)27)18-8-6-13(11-16(18)22)24-19(26)17-4-2-3-9-23-17/h2-4,6,8-9,11-12,27-28H,5,7,10H2,1H3,(H,24,26). The Labute approximate surface area is 167 Å². The molecule has 1 unspecified atom stereocenters. The van der Waals surface area contributed by atoms with Crippen LogP contribution in [0.4, 0.5) is 5.69 Å². The predicted octanol–water partition coefficient (Wildman–Crippen LogP) is 4.31. The molecule has 0 saturated carbocycles. The molecule has 2 aromatic heterocycles. The fourth-order valence-corrected chi connectivity index (χ4v) is 3.91. The van der Waals surface area contributed by atoms with Gasteiger partial charge in [0.2, 0.25) is 11.8 Å². The number of rotatable bonds is 3. The van der Waals surface area contributed by atoms with Crippen LogP contribution in [0.5, 0.6) is 11.8 Å². The molecule has 1 aliphatic carbocycles. The molecule has 28 heavy (non-hydrogen) atoms. The molecule has 0 bridgehead atoms. The second-order valence-electron chi connectivity index (χ2n) is 7.12. The summed E-state index contributed by atoms with van der Waals surface area (Å²) in [4.78, 5) is 16.3. The van der Waals surface area contributed by atoms with Gasteiger partial charge in [0.05, 0.1) is 10.7 Å². The maximum atomic E-state index is 12.3. The largest absolute Gasteiger partial charge is 0.494 e. The van der Waals surface area contributed by atoms with Crippen LogP contribution in [-0.4, -0.2) is 25.7 Å². The van der Waals surface area contributed by atoms with Crippen molar-refractivity contribution in [2.24, 2.45) is 5.92 Å². The number of nitrogens with one attached hydrogen (secondary N) is 1. The number of carbonyl (C=O) groups excluding carboxylic acids is 1. The average molecular weight is 398 g/mol. The Bertz CT molecular complexity index is 1050. The monoisotopic (exact) mass is 397 g/mol. The zero-order valence-corrected chi connectivity index (χ0v) is 16.1. The smallest absolute Gasteiger partial charge is 0.274 e. The van der Waals surface area contributed by atoms with Crippen LogP contribution in [0, 0.1) is 5.92 Å². The topological polar surface area (TPSA) is 87.4 Å². The number of pyridine rings is 1. The first-order valence-electron chi connectivity index (χ1n) is 9.12. The highest BCUT2D eigenvalue weighted by atomic mass is 35.5. The molecule has 1 aliphatic rings. The minimum Gasteiger partial charge on any atom is -0.494 e. The molecule has 3 N–H and O–H groups in total. The van der Waals surface area contributed by atoms with Gasteiger partial charge in [-0.25, -0.2) is 4.57 Å². The van der Waals surface area contributed by atoms with E-state index in [1.54, 1.807) is 42.6 Å². The summed E-state index contributed by atoms with van der Waals surface area (Å²) in [5.41, 5.74) is 2.80. The molecule has 0 aliphatic heterocycles. The van der Waals surface area contributed by atoms with Gasteiger partial charge in [-0.3, -0.25) is 9.78 Å². The number of hydrogen-bond donors (Lipinski definition) is 3. The Kier molecular flexibility index (Phi) is 4.73. The van der Waals surface area contributed by atoms with Crippen molar-refractivity contribution in [2.75, 3.05) is 5.32 Å². The number of amides is 1. The van der Waals surface area contributed by atoms with Gasteiger partial charge in [0.1, 0.15) is 5.69 Å². The highest BCUT2D eigenvalue weighted by Gasteiger charge is 2.28. The first-order valence-corrected chi connectivity index (χ1v) is 9.50. The van der Waals surface area contributed by atoms with E-state index in [-0.39, 0.29) is 17.7 Å². The maximum absolute atomic E-state index is 12.3. The highest BCUT2D eigenvalue weighted by Crippen LogP contribution is 2.43. The van der Waals surface area contributed by atoms with E-state index < -0.39 is 0 Å². The summed E-state index contributed by atoms with van der Waals surface area (Å²) in [6.07, 6.45) is 3.96. The first-order chi connectivity index (χ1) is 13.5. The quantitative estimate of drug-likeness (QED) is 0.614. The van der Waals surface area contributed by atoms with Crippen molar-refractivity contribution in [2.45, 2.75) is 26.2 Å². The Balaban J connectivity index is 1.65. The van der Waals surface area contributed by atoms with Crippen LogP contribution in [0.25, 0.3) is 5.69 Å². The molecule has 0 radical (unpaired) electrons. The lowest BCUT2D eigenvalue weighted by molar-refractivity contribution is 0.102. The minimum absolute atomic E-state index is 0.0196. The fourth-order valence-electron chi connectivity index (χ4n) is 3.64. The van der Waals surface area contributed by atoms with Gasteiger partial charge in [-0.1, -0.05) is 24.6 Å². The van der Waals surface area contributed by atoms with Crippen LogP contribution in [0.1, 0.15) is 35.0 Å². The lowest BCUT2D eigenvalue weighted by atomic mass is 9.87. The van der Waals surface area contributed by atoms with E-state index >= 15 is 0 Å². The van der Waals surface area contributed by atoms with Crippen LogP contribution in [0.2, 0.25) is 5.02 Å². The first kappa shape index (κ1) is 18.4. The summed E-state index contributed by atoms with van der Waals surface area (Å²) in [6.45, 7) is 2.13. The Morgan fingerprint density at radius 3 is 2.71 bits per heavy atom. The normalized spacial score (nSPS) is 15.9. The number of aromatic nitrogens is 2. The third-order valence-corrected chi connectivity index (χ3v) is 5.41. The zero-order valence-electron chi connectivity index (χ0n) is 15.3. The summed E-state index contributed by atoms with van der Waals surface area (Å²) in [5.74, 6) is 0.145. The van der Waals surface area contributed by atoms with E-state index in [1.165, 1.54) is 4.57 Å². The highest BCUT2D eigenvalue weighted by molar-refractivity contribution is 6.32.